The van der Waals surface area contributed by atoms with Gasteiger partial charge in [0.2, 0.25) is 0 Å². The van der Waals surface area contributed by atoms with Gasteiger partial charge in [-0.2, -0.15) is 5.26 Å². The van der Waals surface area contributed by atoms with E-state index in [2.05, 4.69) is 4.74 Å². The maximum absolute atomic E-state index is 12.3. The topological polar surface area (TPSA) is 65.9 Å². The van der Waals surface area contributed by atoms with Gasteiger partial charge in [0.1, 0.15) is 23.1 Å². The fraction of sp³-hybridized carbons (Fsp3) is 0.250. The lowest BCUT2D eigenvalue weighted by molar-refractivity contribution is 0.145. The molecule has 0 unspecified atom stereocenters. The summed E-state index contributed by atoms with van der Waals surface area (Å²) < 4.78 is 29.2. The van der Waals surface area contributed by atoms with Crippen LogP contribution in [-0.2, 0) is 0 Å². The summed E-state index contributed by atoms with van der Waals surface area (Å²) in [6.07, 6.45) is -2.93. The Bertz CT molecular complexity index is 434. The summed E-state index contributed by atoms with van der Waals surface area (Å²) in [4.78, 5) is 13.1. The van der Waals surface area contributed by atoms with Crippen LogP contribution < -0.4 is 10.3 Å². The lowest BCUT2D eigenvalue weighted by Crippen LogP contribution is -2.15. The molecule has 74 valence electrons. The number of alkyl halides is 2. The molecule has 0 amide bonds. The van der Waals surface area contributed by atoms with Gasteiger partial charge < -0.3 is 9.72 Å². The number of nitriles is 1. The highest BCUT2D eigenvalue weighted by molar-refractivity contribution is 5.37. The van der Waals surface area contributed by atoms with Crippen molar-refractivity contribution in [3.05, 3.63) is 27.7 Å². The number of nitrogens with zero attached hydrogens (tertiary/aromatic N) is 1. The van der Waals surface area contributed by atoms with Crippen molar-refractivity contribution < 1.29 is 13.5 Å². The van der Waals surface area contributed by atoms with Gasteiger partial charge in [-0.25, -0.2) is 8.78 Å². The van der Waals surface area contributed by atoms with Crippen LogP contribution in [0.15, 0.2) is 10.9 Å². The summed E-state index contributed by atoms with van der Waals surface area (Å²) in [5.74, 6) is -0.277. The summed E-state index contributed by atoms with van der Waals surface area (Å²) in [5, 5.41) is 8.45. The molecule has 0 aliphatic rings. The zero-order valence-corrected chi connectivity index (χ0v) is 7.17. The van der Waals surface area contributed by atoms with Crippen LogP contribution in [0.25, 0.3) is 0 Å². The van der Waals surface area contributed by atoms with Gasteiger partial charge in [0.15, 0.2) is 0 Å². The molecule has 1 rings (SSSR count). The number of ether oxygens (including phenoxy) is 1. The Kier molecular flexibility index (Phi) is 2.82. The molecule has 1 aromatic rings. The van der Waals surface area contributed by atoms with E-state index in [1.807, 2.05) is 4.98 Å². The Hall–Kier alpha value is -1.90. The van der Waals surface area contributed by atoms with Gasteiger partial charge in [-0.05, 0) is 0 Å². The molecule has 14 heavy (non-hydrogen) atoms. The maximum atomic E-state index is 12.3. The minimum atomic E-state index is -2.93. The van der Waals surface area contributed by atoms with Crippen molar-refractivity contribution in [1.82, 2.24) is 4.98 Å². The quantitative estimate of drug-likeness (QED) is 0.779. The molecule has 0 aromatic carbocycles. The van der Waals surface area contributed by atoms with E-state index in [0.717, 1.165) is 13.2 Å². The smallest absolute Gasteiger partial charge is 0.272 e. The van der Waals surface area contributed by atoms with Gasteiger partial charge in [0.05, 0.1) is 7.11 Å². The van der Waals surface area contributed by atoms with E-state index >= 15 is 0 Å². The molecule has 4 nitrogen and oxygen atoms in total. The summed E-state index contributed by atoms with van der Waals surface area (Å²) in [6, 6.07) is 2.69. The fourth-order valence-corrected chi connectivity index (χ4v) is 0.982. The summed E-state index contributed by atoms with van der Waals surface area (Å²) in [7, 11) is 1.15. The number of rotatable bonds is 2. The molecule has 0 saturated heterocycles. The number of nitrogens with one attached hydrogen (secondary N) is 1. The van der Waals surface area contributed by atoms with Crippen molar-refractivity contribution in [2.45, 2.75) is 6.43 Å². The molecule has 6 heteroatoms. The second kappa shape index (κ2) is 3.87. The van der Waals surface area contributed by atoms with E-state index in [-0.39, 0.29) is 11.4 Å². The summed E-state index contributed by atoms with van der Waals surface area (Å²) in [5.41, 5.74) is -1.88. The highest BCUT2D eigenvalue weighted by atomic mass is 19.3. The number of aromatic nitrogens is 1. The van der Waals surface area contributed by atoms with Crippen LogP contribution in [0.3, 0.4) is 0 Å². The molecule has 0 bridgehead atoms. The molecule has 1 heterocycles. The molecule has 0 spiro atoms. The van der Waals surface area contributed by atoms with E-state index in [1.165, 1.54) is 0 Å². The van der Waals surface area contributed by atoms with Gasteiger partial charge >= 0.3 is 0 Å². The molecule has 0 atom stereocenters. The van der Waals surface area contributed by atoms with E-state index in [0.29, 0.717) is 0 Å². The van der Waals surface area contributed by atoms with Crippen LogP contribution in [0, 0.1) is 11.3 Å². The third kappa shape index (κ3) is 1.71. The van der Waals surface area contributed by atoms with Crippen LogP contribution in [0.1, 0.15) is 17.7 Å². The van der Waals surface area contributed by atoms with Crippen LogP contribution in [0.2, 0.25) is 0 Å². The molecule has 0 fully saturated rings. The van der Waals surface area contributed by atoms with Crippen molar-refractivity contribution in [3.63, 3.8) is 0 Å². The molecule has 0 aliphatic heterocycles. The molecule has 1 N–H and O–H groups in total. The number of hydrogen-bond acceptors (Lipinski definition) is 3. The SMILES string of the molecule is COc1cc(C#N)[nH]c(=O)c1C(F)F. The van der Waals surface area contributed by atoms with E-state index in [4.69, 9.17) is 5.26 Å². The molecular weight excluding hydrogens is 194 g/mol. The second-order valence-corrected chi connectivity index (χ2v) is 2.41. The van der Waals surface area contributed by atoms with Crippen LogP contribution in [-0.4, -0.2) is 12.1 Å². The molecule has 0 radical (unpaired) electrons. The lowest BCUT2D eigenvalue weighted by Gasteiger charge is -2.05. The Balaban J connectivity index is 3.45. The predicted molar refractivity (Wildman–Crippen MR) is 43.3 cm³/mol. The van der Waals surface area contributed by atoms with Crippen LogP contribution in [0.5, 0.6) is 5.75 Å². The Labute approximate surface area is 77.7 Å². The number of methoxy groups -OCH3 is 1. The van der Waals surface area contributed by atoms with Gasteiger partial charge in [-0.3, -0.25) is 4.79 Å². The molecule has 0 aliphatic carbocycles. The standard InChI is InChI=1S/C8H6F2N2O2/c1-14-5-2-4(3-11)12-8(13)6(5)7(9)10/h2,7H,1H3,(H,12,13). The Morgan fingerprint density at radius 1 is 1.64 bits per heavy atom. The third-order valence-electron chi connectivity index (χ3n) is 1.59. The second-order valence-electron chi connectivity index (χ2n) is 2.41. The Morgan fingerprint density at radius 2 is 2.29 bits per heavy atom. The number of H-pyrrole nitrogens is 1. The van der Waals surface area contributed by atoms with E-state index in [9.17, 15) is 13.6 Å². The first-order chi connectivity index (χ1) is 6.60. The zero-order chi connectivity index (χ0) is 10.7. The lowest BCUT2D eigenvalue weighted by atomic mass is 10.2. The predicted octanol–water partition coefficient (Wildman–Crippen LogP) is 1.19. The minimum absolute atomic E-state index is 0.115. The van der Waals surface area contributed by atoms with Gasteiger partial charge in [-0.15, -0.1) is 0 Å². The largest absolute Gasteiger partial charge is 0.496 e. The molecular formula is C8H6F2N2O2. The van der Waals surface area contributed by atoms with Crippen molar-refractivity contribution in [2.75, 3.05) is 7.11 Å². The normalized spacial score (nSPS) is 9.93. The minimum Gasteiger partial charge on any atom is -0.496 e. The average molecular weight is 200 g/mol. The van der Waals surface area contributed by atoms with E-state index in [1.54, 1.807) is 6.07 Å². The Morgan fingerprint density at radius 3 is 2.71 bits per heavy atom. The fourth-order valence-electron chi connectivity index (χ4n) is 0.982. The number of aromatic amines is 1. The highest BCUT2D eigenvalue weighted by Gasteiger charge is 2.19. The first-order valence-corrected chi connectivity index (χ1v) is 3.59. The van der Waals surface area contributed by atoms with Crippen molar-refractivity contribution in [2.24, 2.45) is 0 Å². The van der Waals surface area contributed by atoms with Gasteiger partial charge in [0, 0.05) is 6.07 Å². The molecule has 0 saturated carbocycles. The van der Waals surface area contributed by atoms with E-state index < -0.39 is 17.5 Å². The highest BCUT2D eigenvalue weighted by Crippen LogP contribution is 2.25. The number of pyridine rings is 1. The summed E-state index contributed by atoms with van der Waals surface area (Å²) >= 11 is 0. The monoisotopic (exact) mass is 200 g/mol. The maximum Gasteiger partial charge on any atom is 0.272 e. The van der Waals surface area contributed by atoms with Crippen molar-refractivity contribution in [1.29, 1.82) is 5.26 Å². The zero-order valence-electron chi connectivity index (χ0n) is 7.17. The first-order valence-electron chi connectivity index (χ1n) is 3.59. The van der Waals surface area contributed by atoms with Gasteiger partial charge in [0.25, 0.3) is 12.0 Å². The van der Waals surface area contributed by atoms with Crippen molar-refractivity contribution in [3.8, 4) is 11.8 Å². The number of halogens is 2. The first kappa shape index (κ1) is 10.2. The third-order valence-corrected chi connectivity index (χ3v) is 1.59. The number of hydrogen-bond donors (Lipinski definition) is 1. The molecule has 1 aromatic heterocycles. The average Bonchev–Trinajstić information content (AvgIpc) is 2.15. The van der Waals surface area contributed by atoms with Gasteiger partial charge in [-0.1, -0.05) is 0 Å². The van der Waals surface area contributed by atoms with Crippen LogP contribution >= 0.6 is 0 Å². The van der Waals surface area contributed by atoms with Crippen LogP contribution in [0.4, 0.5) is 8.78 Å². The summed E-state index contributed by atoms with van der Waals surface area (Å²) in [6.45, 7) is 0. The van der Waals surface area contributed by atoms with Crippen molar-refractivity contribution >= 4 is 0 Å².